The lowest BCUT2D eigenvalue weighted by molar-refractivity contribution is -0.112. The first-order valence-corrected chi connectivity index (χ1v) is 8.50. The van der Waals surface area contributed by atoms with Crippen LogP contribution in [0, 0.1) is 25.2 Å². The Hall–Kier alpha value is -3.04. The van der Waals surface area contributed by atoms with Crippen LogP contribution in [0.25, 0.3) is 6.08 Å². The minimum absolute atomic E-state index is 0.00662. The fraction of sp³-hybridized carbons (Fsp3) is 0.300. The molecule has 2 aromatic rings. The van der Waals surface area contributed by atoms with Gasteiger partial charge in [0.15, 0.2) is 5.88 Å². The fourth-order valence-corrected chi connectivity index (χ4v) is 2.81. The molecule has 0 aliphatic carbocycles. The second kappa shape index (κ2) is 7.89. The first-order valence-electron chi connectivity index (χ1n) is 8.50. The summed E-state index contributed by atoms with van der Waals surface area (Å²) in [7, 11) is 0. The van der Waals surface area contributed by atoms with E-state index in [2.05, 4.69) is 10.2 Å². The number of carbonyl (C=O) groups is 1. The molecule has 134 valence electrons. The zero-order valence-corrected chi connectivity index (χ0v) is 14.9. The number of hydrogen-bond acceptors (Lipinski definition) is 5. The van der Waals surface area contributed by atoms with Crippen molar-refractivity contribution < 1.29 is 13.9 Å². The Labute approximate surface area is 152 Å². The number of morpholine rings is 1. The van der Waals surface area contributed by atoms with E-state index in [0.29, 0.717) is 30.5 Å². The molecule has 0 bridgehead atoms. The molecule has 26 heavy (non-hydrogen) atoms. The van der Waals surface area contributed by atoms with Crippen molar-refractivity contribution >= 4 is 23.6 Å². The zero-order valence-electron chi connectivity index (χ0n) is 14.9. The number of benzene rings is 1. The average Bonchev–Trinajstić information content (AvgIpc) is 3.11. The third kappa shape index (κ3) is 4.13. The van der Waals surface area contributed by atoms with E-state index in [0.717, 1.165) is 24.2 Å². The number of furan rings is 1. The summed E-state index contributed by atoms with van der Waals surface area (Å²) < 4.78 is 11.1. The number of nitriles is 1. The van der Waals surface area contributed by atoms with Crippen LogP contribution in [0.5, 0.6) is 0 Å². The van der Waals surface area contributed by atoms with E-state index >= 15 is 0 Å². The maximum absolute atomic E-state index is 12.4. The van der Waals surface area contributed by atoms with E-state index in [9.17, 15) is 10.1 Å². The average molecular weight is 351 g/mol. The number of nitrogens with one attached hydrogen (secondary N) is 1. The summed E-state index contributed by atoms with van der Waals surface area (Å²) in [5, 5.41) is 12.1. The molecule has 6 nitrogen and oxygen atoms in total. The topological polar surface area (TPSA) is 78.5 Å². The molecular formula is C20H21N3O3. The molecule has 1 aromatic carbocycles. The Morgan fingerprint density at radius 3 is 2.69 bits per heavy atom. The molecule has 1 saturated heterocycles. The maximum atomic E-state index is 12.4. The van der Waals surface area contributed by atoms with Gasteiger partial charge in [0.05, 0.1) is 13.2 Å². The van der Waals surface area contributed by atoms with Gasteiger partial charge in [0, 0.05) is 30.9 Å². The lowest BCUT2D eigenvalue weighted by Gasteiger charge is -2.26. The van der Waals surface area contributed by atoms with Crippen molar-refractivity contribution in [2.75, 3.05) is 36.5 Å². The van der Waals surface area contributed by atoms with Crippen molar-refractivity contribution in [1.82, 2.24) is 0 Å². The molecule has 0 saturated carbocycles. The van der Waals surface area contributed by atoms with Gasteiger partial charge in [-0.05, 0) is 31.5 Å². The molecule has 1 fully saturated rings. The quantitative estimate of drug-likeness (QED) is 0.675. The molecule has 0 radical (unpaired) electrons. The highest BCUT2D eigenvalue weighted by molar-refractivity contribution is 6.09. The SMILES string of the molecule is Cc1ccc(NC(=O)/C(C#N)=C/c2ccc(N3CCOCC3)o2)c(C)c1. The number of ether oxygens (including phenoxy) is 1. The Morgan fingerprint density at radius 1 is 1.23 bits per heavy atom. The number of rotatable bonds is 4. The molecule has 1 aliphatic heterocycles. The summed E-state index contributed by atoms with van der Waals surface area (Å²) >= 11 is 0. The summed E-state index contributed by atoms with van der Waals surface area (Å²) in [5.74, 6) is 0.731. The molecular weight excluding hydrogens is 330 g/mol. The van der Waals surface area contributed by atoms with E-state index in [1.54, 1.807) is 6.07 Å². The number of amides is 1. The predicted molar refractivity (Wildman–Crippen MR) is 99.9 cm³/mol. The van der Waals surface area contributed by atoms with Crippen LogP contribution >= 0.6 is 0 Å². The van der Waals surface area contributed by atoms with Crippen molar-refractivity contribution in [3.63, 3.8) is 0 Å². The highest BCUT2D eigenvalue weighted by atomic mass is 16.5. The van der Waals surface area contributed by atoms with Crippen molar-refractivity contribution in [2.45, 2.75) is 13.8 Å². The summed E-state index contributed by atoms with van der Waals surface area (Å²) in [4.78, 5) is 14.5. The summed E-state index contributed by atoms with van der Waals surface area (Å²) in [6, 6.07) is 11.3. The molecule has 0 atom stereocenters. The number of aryl methyl sites for hydroxylation is 2. The number of carbonyl (C=O) groups excluding carboxylic acids is 1. The Kier molecular flexibility index (Phi) is 5.40. The second-order valence-electron chi connectivity index (χ2n) is 6.22. The molecule has 6 heteroatoms. The minimum Gasteiger partial charge on any atom is -0.441 e. The van der Waals surface area contributed by atoms with Crippen LogP contribution in [-0.4, -0.2) is 32.2 Å². The predicted octanol–water partition coefficient (Wildman–Crippen LogP) is 3.28. The van der Waals surface area contributed by atoms with Gasteiger partial charge in [-0.1, -0.05) is 17.7 Å². The summed E-state index contributed by atoms with van der Waals surface area (Å²) in [6.45, 7) is 6.74. The van der Waals surface area contributed by atoms with Gasteiger partial charge in [0.2, 0.25) is 0 Å². The molecule has 3 rings (SSSR count). The van der Waals surface area contributed by atoms with Gasteiger partial charge in [-0.15, -0.1) is 0 Å². The fourth-order valence-electron chi connectivity index (χ4n) is 2.81. The lowest BCUT2D eigenvalue weighted by atomic mass is 10.1. The van der Waals surface area contributed by atoms with Gasteiger partial charge in [-0.3, -0.25) is 4.79 Å². The molecule has 1 N–H and O–H groups in total. The van der Waals surface area contributed by atoms with E-state index in [-0.39, 0.29) is 5.57 Å². The standard InChI is InChI=1S/C20H21N3O3/c1-14-3-5-18(15(2)11-14)22-20(24)16(13-21)12-17-4-6-19(26-17)23-7-9-25-10-8-23/h3-6,11-12H,7-10H2,1-2H3,(H,22,24)/b16-12+. The molecule has 1 aromatic heterocycles. The third-order valence-electron chi connectivity index (χ3n) is 4.22. The number of nitrogens with zero attached hydrogens (tertiary/aromatic N) is 2. The summed E-state index contributed by atoms with van der Waals surface area (Å²) in [5.41, 5.74) is 2.74. The molecule has 1 amide bonds. The first-order chi connectivity index (χ1) is 12.6. The van der Waals surface area contributed by atoms with Crippen molar-refractivity contribution in [3.05, 3.63) is 52.8 Å². The Morgan fingerprint density at radius 2 is 2.00 bits per heavy atom. The van der Waals surface area contributed by atoms with Gasteiger partial charge < -0.3 is 19.4 Å². The molecule has 0 unspecified atom stereocenters. The number of hydrogen-bond donors (Lipinski definition) is 1. The largest absolute Gasteiger partial charge is 0.441 e. The normalized spacial score (nSPS) is 14.8. The van der Waals surface area contributed by atoms with Crippen LogP contribution in [0.15, 0.2) is 40.3 Å². The van der Waals surface area contributed by atoms with Crippen LogP contribution in [0.1, 0.15) is 16.9 Å². The molecule has 0 spiro atoms. The first kappa shape index (κ1) is 17.8. The van der Waals surface area contributed by atoms with Gasteiger partial charge in [0.25, 0.3) is 5.91 Å². The Bertz CT molecular complexity index is 871. The minimum atomic E-state index is -0.455. The molecule has 1 aliphatic rings. The van der Waals surface area contributed by atoms with Crippen molar-refractivity contribution in [3.8, 4) is 6.07 Å². The second-order valence-corrected chi connectivity index (χ2v) is 6.22. The van der Waals surface area contributed by atoms with E-state index in [4.69, 9.17) is 9.15 Å². The number of anilines is 2. The van der Waals surface area contributed by atoms with Crippen LogP contribution in [0.2, 0.25) is 0 Å². The van der Waals surface area contributed by atoms with E-state index in [1.807, 2.05) is 44.2 Å². The van der Waals surface area contributed by atoms with Gasteiger partial charge in [-0.2, -0.15) is 5.26 Å². The highest BCUT2D eigenvalue weighted by Crippen LogP contribution is 2.22. The lowest BCUT2D eigenvalue weighted by Crippen LogP contribution is -2.35. The molecule has 2 heterocycles. The monoisotopic (exact) mass is 351 g/mol. The Balaban J connectivity index is 1.74. The van der Waals surface area contributed by atoms with Crippen LogP contribution in [-0.2, 0) is 9.53 Å². The van der Waals surface area contributed by atoms with Crippen LogP contribution < -0.4 is 10.2 Å². The van der Waals surface area contributed by atoms with Gasteiger partial charge in [0.1, 0.15) is 17.4 Å². The van der Waals surface area contributed by atoms with E-state index < -0.39 is 5.91 Å². The highest BCUT2D eigenvalue weighted by Gasteiger charge is 2.16. The third-order valence-corrected chi connectivity index (χ3v) is 4.22. The van der Waals surface area contributed by atoms with Crippen molar-refractivity contribution in [2.24, 2.45) is 0 Å². The van der Waals surface area contributed by atoms with Crippen LogP contribution in [0.3, 0.4) is 0 Å². The smallest absolute Gasteiger partial charge is 0.266 e. The summed E-state index contributed by atoms with van der Waals surface area (Å²) in [6.07, 6.45) is 1.46. The van der Waals surface area contributed by atoms with Crippen LogP contribution in [0.4, 0.5) is 11.6 Å². The van der Waals surface area contributed by atoms with Gasteiger partial charge in [-0.25, -0.2) is 0 Å². The zero-order chi connectivity index (χ0) is 18.5. The maximum Gasteiger partial charge on any atom is 0.266 e. The van der Waals surface area contributed by atoms with E-state index in [1.165, 1.54) is 6.08 Å². The van der Waals surface area contributed by atoms with Crippen molar-refractivity contribution in [1.29, 1.82) is 5.26 Å². The van der Waals surface area contributed by atoms with Gasteiger partial charge >= 0.3 is 0 Å².